The Bertz CT molecular complexity index is 1040. The van der Waals surface area contributed by atoms with Gasteiger partial charge in [0.2, 0.25) is 0 Å². The number of carbonyl (C=O) groups excluding carboxylic acids is 1. The van der Waals surface area contributed by atoms with Gasteiger partial charge in [-0.3, -0.25) is 4.79 Å². The van der Waals surface area contributed by atoms with Gasteiger partial charge in [-0.05, 0) is 48.9 Å². The van der Waals surface area contributed by atoms with Crippen molar-refractivity contribution in [2.45, 2.75) is 42.5 Å². The number of pyridine rings is 1. The molecule has 1 N–H and O–H groups in total. The molecule has 30 heavy (non-hydrogen) atoms. The molecule has 0 bridgehead atoms. The van der Waals surface area contributed by atoms with Crippen molar-refractivity contribution in [3.8, 4) is 0 Å². The first-order chi connectivity index (χ1) is 14.4. The Kier molecular flexibility index (Phi) is 7.49. The molecule has 3 rings (SSSR count). The van der Waals surface area contributed by atoms with Crippen molar-refractivity contribution in [2.75, 3.05) is 24.7 Å². The zero-order valence-corrected chi connectivity index (χ0v) is 18.8. The quantitative estimate of drug-likeness (QED) is 0.674. The van der Waals surface area contributed by atoms with Crippen molar-refractivity contribution in [3.05, 3.63) is 48.2 Å². The maximum Gasteiger partial charge on any atom is 0.284 e. The van der Waals surface area contributed by atoms with E-state index >= 15 is 0 Å². The largest absolute Gasteiger partial charge is 0.362 e. The summed E-state index contributed by atoms with van der Waals surface area (Å²) in [5.41, 5.74) is 0.867. The molecule has 7 nitrogen and oxygen atoms in total. The summed E-state index contributed by atoms with van der Waals surface area (Å²) in [6, 6.07) is 9.54. The van der Waals surface area contributed by atoms with E-state index in [1.807, 2.05) is 18.9 Å². The third-order valence-corrected chi connectivity index (χ3v) is 6.85. The zero-order valence-electron chi connectivity index (χ0n) is 17.2. The standard InChI is InChI=1S/C21H26N4O3S2/c1-3-29-20-14-16(11-12-22-20)21(26)23-17-8-7-9-18(15-17)30(27,28)24-19-10-5-4-6-13-25(19)2/h7-9,11-12,14-15H,3-6,10,13H2,1-2H3,(H,23,26). The van der Waals surface area contributed by atoms with Crippen LogP contribution in [0.25, 0.3) is 0 Å². The van der Waals surface area contributed by atoms with Crippen LogP contribution < -0.4 is 5.32 Å². The van der Waals surface area contributed by atoms with Crippen LogP contribution in [0, 0.1) is 0 Å². The van der Waals surface area contributed by atoms with E-state index in [-0.39, 0.29) is 10.8 Å². The number of nitrogens with one attached hydrogen (secondary N) is 1. The average molecular weight is 447 g/mol. The highest BCUT2D eigenvalue weighted by Crippen LogP contribution is 2.21. The fourth-order valence-corrected chi connectivity index (χ4v) is 4.93. The number of benzene rings is 1. The number of anilines is 1. The Morgan fingerprint density at radius 3 is 2.87 bits per heavy atom. The summed E-state index contributed by atoms with van der Waals surface area (Å²) in [5, 5.41) is 3.53. The Hall–Kier alpha value is -2.39. The summed E-state index contributed by atoms with van der Waals surface area (Å²) in [5.74, 6) is 1.12. The molecule has 1 aromatic carbocycles. The number of hydrogen-bond acceptors (Lipinski definition) is 5. The fourth-order valence-electron chi connectivity index (χ4n) is 3.15. The molecule has 2 heterocycles. The van der Waals surface area contributed by atoms with Crippen LogP contribution in [0.5, 0.6) is 0 Å². The lowest BCUT2D eigenvalue weighted by molar-refractivity contribution is 0.102. The van der Waals surface area contributed by atoms with E-state index in [9.17, 15) is 13.2 Å². The number of rotatable bonds is 6. The molecule has 1 fully saturated rings. The van der Waals surface area contributed by atoms with Crippen LogP contribution in [0.2, 0.25) is 0 Å². The minimum absolute atomic E-state index is 0.0578. The van der Waals surface area contributed by atoms with Gasteiger partial charge in [0.05, 0.1) is 9.92 Å². The van der Waals surface area contributed by atoms with E-state index in [1.54, 1.807) is 42.2 Å². The number of likely N-dealkylation sites (tertiary alicyclic amines) is 1. The summed E-state index contributed by atoms with van der Waals surface area (Å²) in [7, 11) is -1.99. The van der Waals surface area contributed by atoms with E-state index in [2.05, 4.69) is 14.7 Å². The third-order valence-electron chi connectivity index (χ3n) is 4.74. The molecule has 9 heteroatoms. The summed E-state index contributed by atoms with van der Waals surface area (Å²) in [6.45, 7) is 2.82. The second kappa shape index (κ2) is 10.1. The van der Waals surface area contributed by atoms with Crippen LogP contribution >= 0.6 is 11.8 Å². The Morgan fingerprint density at radius 1 is 1.23 bits per heavy atom. The normalized spacial score (nSPS) is 16.3. The predicted molar refractivity (Wildman–Crippen MR) is 121 cm³/mol. The molecule has 0 aliphatic carbocycles. The van der Waals surface area contributed by atoms with Crippen molar-refractivity contribution in [2.24, 2.45) is 4.40 Å². The number of sulfonamides is 1. The average Bonchev–Trinajstić information content (AvgIpc) is 2.92. The maximum absolute atomic E-state index is 12.8. The summed E-state index contributed by atoms with van der Waals surface area (Å²) >= 11 is 1.55. The number of aromatic nitrogens is 1. The molecular formula is C21H26N4O3S2. The summed E-state index contributed by atoms with van der Waals surface area (Å²) < 4.78 is 29.8. The molecule has 1 amide bonds. The first-order valence-electron chi connectivity index (χ1n) is 9.94. The lowest BCUT2D eigenvalue weighted by atomic mass is 10.2. The molecule has 0 atom stereocenters. The molecule has 0 radical (unpaired) electrons. The van der Waals surface area contributed by atoms with Gasteiger partial charge in [0.25, 0.3) is 15.9 Å². The lowest BCUT2D eigenvalue weighted by Crippen LogP contribution is -2.26. The van der Waals surface area contributed by atoms with Gasteiger partial charge in [0, 0.05) is 37.5 Å². The van der Waals surface area contributed by atoms with Crippen LogP contribution in [0.3, 0.4) is 0 Å². The highest BCUT2D eigenvalue weighted by atomic mass is 32.2. The molecule has 1 saturated heterocycles. The zero-order chi connectivity index (χ0) is 21.6. The number of carbonyl (C=O) groups is 1. The Balaban J connectivity index is 1.80. The SMILES string of the molecule is CCSc1cc(C(=O)Nc2cccc(S(=O)(=O)N=C3CCCCCN3C)c2)ccn1. The molecule has 1 aliphatic rings. The number of nitrogens with zero attached hydrogens (tertiary/aromatic N) is 3. The first kappa shape index (κ1) is 22.3. The van der Waals surface area contributed by atoms with Crippen LogP contribution in [0.1, 0.15) is 43.0 Å². The van der Waals surface area contributed by atoms with Crippen LogP contribution in [-0.4, -0.2) is 49.4 Å². The van der Waals surface area contributed by atoms with Gasteiger partial charge in [-0.2, -0.15) is 8.42 Å². The van der Waals surface area contributed by atoms with Gasteiger partial charge >= 0.3 is 0 Å². The van der Waals surface area contributed by atoms with Crippen LogP contribution in [-0.2, 0) is 10.0 Å². The van der Waals surface area contributed by atoms with Crippen molar-refractivity contribution in [1.29, 1.82) is 0 Å². The molecule has 0 unspecified atom stereocenters. The molecule has 1 aromatic heterocycles. The first-order valence-corrected chi connectivity index (χ1v) is 12.4. The van der Waals surface area contributed by atoms with Crippen molar-refractivity contribution < 1.29 is 13.2 Å². The number of amidine groups is 1. The van der Waals surface area contributed by atoms with Gasteiger partial charge in [0.15, 0.2) is 0 Å². The van der Waals surface area contributed by atoms with Gasteiger partial charge in [-0.15, -0.1) is 16.2 Å². The topological polar surface area (TPSA) is 91.7 Å². The van der Waals surface area contributed by atoms with Crippen molar-refractivity contribution >= 4 is 39.2 Å². The van der Waals surface area contributed by atoms with E-state index in [1.165, 1.54) is 12.1 Å². The maximum atomic E-state index is 12.8. The van der Waals surface area contributed by atoms with Crippen LogP contribution in [0.4, 0.5) is 5.69 Å². The van der Waals surface area contributed by atoms with Gasteiger partial charge in [-0.25, -0.2) is 4.98 Å². The number of hydrogen-bond donors (Lipinski definition) is 1. The highest BCUT2D eigenvalue weighted by Gasteiger charge is 2.19. The summed E-state index contributed by atoms with van der Waals surface area (Å²) in [4.78, 5) is 18.8. The number of thioether (sulfide) groups is 1. The molecule has 2 aromatic rings. The second-order valence-electron chi connectivity index (χ2n) is 7.01. The number of amides is 1. The minimum Gasteiger partial charge on any atom is -0.362 e. The molecule has 1 aliphatic heterocycles. The third kappa shape index (κ3) is 5.82. The van der Waals surface area contributed by atoms with Crippen LogP contribution in [0.15, 0.2) is 56.9 Å². The van der Waals surface area contributed by atoms with Gasteiger partial charge in [0.1, 0.15) is 5.84 Å². The molecule has 160 valence electrons. The summed E-state index contributed by atoms with van der Waals surface area (Å²) in [6.07, 6.45) is 5.27. The molecular weight excluding hydrogens is 420 g/mol. The van der Waals surface area contributed by atoms with E-state index in [0.29, 0.717) is 23.5 Å². The molecule has 0 spiro atoms. The van der Waals surface area contributed by atoms with Gasteiger partial charge < -0.3 is 10.2 Å². The van der Waals surface area contributed by atoms with Gasteiger partial charge in [-0.1, -0.05) is 19.4 Å². The monoisotopic (exact) mass is 446 g/mol. The molecule has 0 saturated carbocycles. The fraction of sp³-hybridized carbons (Fsp3) is 0.381. The van der Waals surface area contributed by atoms with E-state index < -0.39 is 10.0 Å². The Labute approximate surface area is 182 Å². The predicted octanol–water partition coefficient (Wildman–Crippen LogP) is 4.04. The smallest absolute Gasteiger partial charge is 0.284 e. The lowest BCUT2D eigenvalue weighted by Gasteiger charge is -2.17. The van der Waals surface area contributed by atoms with Crippen molar-refractivity contribution in [1.82, 2.24) is 9.88 Å². The van der Waals surface area contributed by atoms with E-state index in [0.717, 1.165) is 36.6 Å². The Morgan fingerprint density at radius 2 is 2.07 bits per heavy atom. The van der Waals surface area contributed by atoms with Crippen molar-refractivity contribution in [3.63, 3.8) is 0 Å². The van der Waals surface area contributed by atoms with E-state index in [4.69, 9.17) is 0 Å². The highest BCUT2D eigenvalue weighted by molar-refractivity contribution is 7.99. The minimum atomic E-state index is -3.86. The second-order valence-corrected chi connectivity index (χ2v) is 9.90.